The van der Waals surface area contributed by atoms with Crippen LogP contribution in [0.1, 0.15) is 69.3 Å². The van der Waals surface area contributed by atoms with E-state index in [1.807, 2.05) is 18.2 Å². The Hall–Kier alpha value is -2.09. The van der Waals surface area contributed by atoms with Crippen molar-refractivity contribution < 1.29 is 9.53 Å². The number of rotatable bonds is 9. The molecule has 0 spiro atoms. The first-order valence-electron chi connectivity index (χ1n) is 9.04. The van der Waals surface area contributed by atoms with Gasteiger partial charge in [0, 0.05) is 0 Å². The fourth-order valence-corrected chi connectivity index (χ4v) is 2.43. The lowest BCUT2D eigenvalue weighted by Crippen LogP contribution is -2.02. The largest absolute Gasteiger partial charge is 0.496 e. The van der Waals surface area contributed by atoms with E-state index in [2.05, 4.69) is 33.9 Å². The van der Waals surface area contributed by atoms with Crippen LogP contribution in [0.3, 0.4) is 0 Å². The predicted octanol–water partition coefficient (Wildman–Crippen LogP) is 6.88. The molecule has 0 N–H and O–H groups in total. The Balaban J connectivity index is 0.000000697. The van der Waals surface area contributed by atoms with Gasteiger partial charge in [0.2, 0.25) is 0 Å². The molecular formula is C23H34O2. The first kappa shape index (κ1) is 22.9. The summed E-state index contributed by atoms with van der Waals surface area (Å²) in [6.07, 6.45) is 10.4. The van der Waals surface area contributed by atoms with Crippen LogP contribution in [0.25, 0.3) is 5.57 Å². The van der Waals surface area contributed by atoms with E-state index in [4.69, 9.17) is 4.74 Å². The number of benzene rings is 1. The summed E-state index contributed by atoms with van der Waals surface area (Å²) in [4.78, 5) is 11.8. The van der Waals surface area contributed by atoms with Crippen molar-refractivity contribution in [3.05, 3.63) is 60.7 Å². The van der Waals surface area contributed by atoms with Crippen LogP contribution >= 0.6 is 0 Å². The second-order valence-corrected chi connectivity index (χ2v) is 6.36. The zero-order valence-corrected chi connectivity index (χ0v) is 16.6. The Morgan fingerprint density at radius 2 is 1.96 bits per heavy atom. The fraction of sp³-hybridized carbons (Fsp3) is 0.435. The normalized spacial score (nSPS) is 10.7. The smallest absolute Gasteiger partial charge is 0.164 e. The molecule has 0 bridgehead atoms. The van der Waals surface area contributed by atoms with E-state index in [0.29, 0.717) is 11.3 Å². The van der Waals surface area contributed by atoms with Gasteiger partial charge in [-0.1, -0.05) is 77.0 Å². The van der Waals surface area contributed by atoms with Gasteiger partial charge in [-0.15, -0.1) is 6.58 Å². The van der Waals surface area contributed by atoms with E-state index in [1.165, 1.54) is 26.2 Å². The quantitative estimate of drug-likeness (QED) is 0.278. The maximum atomic E-state index is 11.8. The monoisotopic (exact) mass is 342 g/mol. The summed E-state index contributed by atoms with van der Waals surface area (Å²) in [5, 5.41) is 0. The standard InChI is InChI=1S/C16H18O2.C7H16/c1-5-7-9-13(6-2)14-10-8-11-15(18-4)16(14)12(3)17;1-4-5-6-7(2)3/h5-6,8-11H,1-2,7H2,3-4H3;7H,4-6H2,1-3H3/b13-9+;. The minimum atomic E-state index is -0.0196. The maximum absolute atomic E-state index is 11.8. The van der Waals surface area contributed by atoms with Crippen molar-refractivity contribution in [3.63, 3.8) is 0 Å². The number of ketones is 1. The molecule has 0 aromatic heterocycles. The van der Waals surface area contributed by atoms with Gasteiger partial charge in [-0.3, -0.25) is 4.79 Å². The lowest BCUT2D eigenvalue weighted by molar-refractivity contribution is 0.101. The topological polar surface area (TPSA) is 26.3 Å². The number of hydrogen-bond donors (Lipinski definition) is 0. The molecule has 1 aromatic rings. The molecule has 0 radical (unpaired) electrons. The number of methoxy groups -OCH3 is 1. The van der Waals surface area contributed by atoms with Gasteiger partial charge in [-0.2, -0.15) is 0 Å². The molecule has 0 aliphatic heterocycles. The summed E-state index contributed by atoms with van der Waals surface area (Å²) < 4.78 is 5.24. The number of carbonyl (C=O) groups excluding carboxylic acids is 1. The summed E-state index contributed by atoms with van der Waals surface area (Å²) >= 11 is 0. The Kier molecular flexibility index (Phi) is 12.1. The van der Waals surface area contributed by atoms with Gasteiger partial charge in [0.1, 0.15) is 5.75 Å². The fourth-order valence-electron chi connectivity index (χ4n) is 2.43. The first-order valence-corrected chi connectivity index (χ1v) is 9.04. The number of unbranched alkanes of at least 4 members (excludes halogenated alkanes) is 1. The van der Waals surface area contributed by atoms with Crippen molar-refractivity contribution >= 4 is 11.4 Å². The second kappa shape index (κ2) is 13.2. The highest BCUT2D eigenvalue weighted by Gasteiger charge is 2.14. The van der Waals surface area contributed by atoms with Crippen LogP contribution < -0.4 is 4.74 Å². The molecule has 0 amide bonds. The van der Waals surface area contributed by atoms with Crippen molar-refractivity contribution in [1.29, 1.82) is 0 Å². The molecule has 1 aromatic carbocycles. The van der Waals surface area contributed by atoms with E-state index >= 15 is 0 Å². The molecule has 25 heavy (non-hydrogen) atoms. The minimum absolute atomic E-state index is 0.0196. The third kappa shape index (κ3) is 8.53. The van der Waals surface area contributed by atoms with Crippen LogP contribution in [-0.2, 0) is 0 Å². The molecule has 0 saturated heterocycles. The SMILES string of the molecule is C=CC/C=C(\C=C)c1cccc(OC)c1C(C)=O.CCCCC(C)C. The summed E-state index contributed by atoms with van der Waals surface area (Å²) in [7, 11) is 1.56. The number of hydrogen-bond acceptors (Lipinski definition) is 2. The number of allylic oxidation sites excluding steroid dienone is 4. The molecular weight excluding hydrogens is 308 g/mol. The molecule has 2 nitrogen and oxygen atoms in total. The lowest BCUT2D eigenvalue weighted by atomic mass is 9.95. The zero-order valence-electron chi connectivity index (χ0n) is 16.6. The van der Waals surface area contributed by atoms with Crippen molar-refractivity contribution in [2.75, 3.05) is 7.11 Å². The van der Waals surface area contributed by atoms with Gasteiger partial charge in [0.15, 0.2) is 5.78 Å². The zero-order chi connectivity index (χ0) is 19.2. The van der Waals surface area contributed by atoms with Crippen LogP contribution in [-0.4, -0.2) is 12.9 Å². The number of Topliss-reactive ketones (excluding diaryl/α,β-unsaturated/α-hetero) is 1. The highest BCUT2D eigenvalue weighted by atomic mass is 16.5. The van der Waals surface area contributed by atoms with Gasteiger partial charge < -0.3 is 4.74 Å². The Labute approximate surface area is 154 Å². The van der Waals surface area contributed by atoms with Gasteiger partial charge in [-0.05, 0) is 36.5 Å². The van der Waals surface area contributed by atoms with Crippen molar-refractivity contribution in [3.8, 4) is 5.75 Å². The summed E-state index contributed by atoms with van der Waals surface area (Å²) in [6, 6.07) is 5.55. The van der Waals surface area contributed by atoms with E-state index < -0.39 is 0 Å². The molecule has 0 atom stereocenters. The van der Waals surface area contributed by atoms with Gasteiger partial charge >= 0.3 is 0 Å². The van der Waals surface area contributed by atoms with Crippen LogP contribution in [0.15, 0.2) is 49.6 Å². The molecule has 138 valence electrons. The molecule has 2 heteroatoms. The lowest BCUT2D eigenvalue weighted by Gasteiger charge is -2.12. The van der Waals surface area contributed by atoms with Gasteiger partial charge in [-0.25, -0.2) is 0 Å². The number of ether oxygens (including phenoxy) is 1. The third-order valence-corrected chi connectivity index (χ3v) is 3.77. The maximum Gasteiger partial charge on any atom is 0.164 e. The predicted molar refractivity (Wildman–Crippen MR) is 110 cm³/mol. The highest BCUT2D eigenvalue weighted by molar-refractivity contribution is 6.02. The summed E-state index contributed by atoms with van der Waals surface area (Å²) in [5.74, 6) is 1.47. The van der Waals surface area contributed by atoms with Gasteiger partial charge in [0.05, 0.1) is 12.7 Å². The second-order valence-electron chi connectivity index (χ2n) is 6.36. The van der Waals surface area contributed by atoms with E-state index in [1.54, 1.807) is 25.3 Å². The third-order valence-electron chi connectivity index (χ3n) is 3.77. The van der Waals surface area contributed by atoms with Crippen molar-refractivity contribution in [2.24, 2.45) is 5.92 Å². The van der Waals surface area contributed by atoms with Crippen molar-refractivity contribution in [1.82, 2.24) is 0 Å². The van der Waals surface area contributed by atoms with Crippen LogP contribution in [0.4, 0.5) is 0 Å². The molecule has 0 aliphatic carbocycles. The molecule has 1 rings (SSSR count). The Morgan fingerprint density at radius 1 is 1.28 bits per heavy atom. The molecule has 0 saturated carbocycles. The minimum Gasteiger partial charge on any atom is -0.496 e. The average molecular weight is 343 g/mol. The van der Waals surface area contributed by atoms with Gasteiger partial charge in [0.25, 0.3) is 0 Å². The molecule has 0 aliphatic rings. The Morgan fingerprint density at radius 3 is 2.36 bits per heavy atom. The van der Waals surface area contributed by atoms with Crippen LogP contribution in [0, 0.1) is 5.92 Å². The summed E-state index contributed by atoms with van der Waals surface area (Å²) in [6.45, 7) is 15.8. The van der Waals surface area contributed by atoms with Crippen LogP contribution in [0.5, 0.6) is 5.75 Å². The molecule has 0 fully saturated rings. The molecule has 0 heterocycles. The van der Waals surface area contributed by atoms with Crippen LogP contribution in [0.2, 0.25) is 0 Å². The van der Waals surface area contributed by atoms with Crippen molar-refractivity contribution in [2.45, 2.75) is 53.4 Å². The van der Waals surface area contributed by atoms with E-state index in [9.17, 15) is 4.79 Å². The van der Waals surface area contributed by atoms with E-state index in [0.717, 1.165) is 23.5 Å². The highest BCUT2D eigenvalue weighted by Crippen LogP contribution is 2.29. The first-order chi connectivity index (χ1) is 11.9. The Bertz CT molecular complexity index is 580. The summed E-state index contributed by atoms with van der Waals surface area (Å²) in [5.41, 5.74) is 2.35. The number of carbonyl (C=O) groups is 1. The molecule has 0 unspecified atom stereocenters. The van der Waals surface area contributed by atoms with E-state index in [-0.39, 0.29) is 5.78 Å². The average Bonchev–Trinajstić information content (AvgIpc) is 2.60.